The number of hydrogen-bond donors (Lipinski definition) is 1. The Morgan fingerprint density at radius 2 is 1.93 bits per heavy atom. The number of alkyl halides is 2. The van der Waals surface area contributed by atoms with E-state index < -0.39 is 5.92 Å². The normalized spacial score (nSPS) is 23.0. The Morgan fingerprint density at radius 1 is 1.26 bits per heavy atom. The Bertz CT molecular complexity index is 689. The number of amides is 1. The summed E-state index contributed by atoms with van der Waals surface area (Å²) in [5.41, 5.74) is 1.94. The summed E-state index contributed by atoms with van der Waals surface area (Å²) in [6.07, 6.45) is 7.17. The molecule has 2 aliphatic carbocycles. The minimum absolute atomic E-state index is 0.133. The number of ether oxygens (including phenoxy) is 1. The molecule has 1 amide bonds. The number of halogens is 2. The summed E-state index contributed by atoms with van der Waals surface area (Å²) in [5, 5.41) is 2.98. The van der Waals surface area contributed by atoms with Crippen molar-refractivity contribution in [3.05, 3.63) is 34.8 Å². The Morgan fingerprint density at radius 3 is 2.48 bits per heavy atom. The third-order valence-electron chi connectivity index (χ3n) is 4.99. The number of carbonyl (C=O) groups excluding carboxylic acids is 1. The van der Waals surface area contributed by atoms with Crippen LogP contribution in [0, 0.1) is 5.92 Å². The number of carbonyl (C=O) groups is 1. The largest absolute Gasteiger partial charge is 0.495 e. The van der Waals surface area contributed by atoms with Crippen LogP contribution in [0.4, 0.5) is 8.78 Å². The molecule has 0 spiro atoms. The third-order valence-corrected chi connectivity index (χ3v) is 4.99. The summed E-state index contributed by atoms with van der Waals surface area (Å²) >= 11 is 0. The molecular formula is C21H30F2N2O2. The minimum Gasteiger partial charge on any atom is -0.495 e. The highest BCUT2D eigenvalue weighted by molar-refractivity contribution is 5.97. The highest BCUT2D eigenvalue weighted by Crippen LogP contribution is 2.36. The summed E-state index contributed by atoms with van der Waals surface area (Å²) in [6, 6.07) is 0. The zero-order chi connectivity index (χ0) is 19.8. The first-order valence-electron chi connectivity index (χ1n) is 9.73. The molecule has 1 saturated heterocycles. The van der Waals surface area contributed by atoms with E-state index in [4.69, 9.17) is 4.74 Å². The average molecular weight is 380 g/mol. The van der Waals surface area contributed by atoms with Gasteiger partial charge in [-0.15, -0.1) is 0 Å². The minimum atomic E-state index is -2.65. The van der Waals surface area contributed by atoms with Gasteiger partial charge in [0.15, 0.2) is 0 Å². The van der Waals surface area contributed by atoms with Crippen molar-refractivity contribution >= 4 is 5.91 Å². The van der Waals surface area contributed by atoms with Gasteiger partial charge in [0.25, 0.3) is 11.8 Å². The SMILES string of the molecule is CC1=C(C(=O)NC(C)(C)C)C=CC(N2CC(F)(F)C2)=C(OCC2CC2)CC1. The van der Waals surface area contributed by atoms with Crippen LogP contribution in [0.25, 0.3) is 0 Å². The van der Waals surface area contributed by atoms with Crippen molar-refractivity contribution in [1.82, 2.24) is 10.2 Å². The van der Waals surface area contributed by atoms with Gasteiger partial charge in [-0.05, 0) is 65.0 Å². The van der Waals surface area contributed by atoms with E-state index in [1.54, 1.807) is 17.1 Å². The van der Waals surface area contributed by atoms with Gasteiger partial charge in [-0.2, -0.15) is 0 Å². The second-order valence-electron chi connectivity index (χ2n) is 9.01. The molecule has 0 bridgehead atoms. The molecule has 6 heteroatoms. The van der Waals surface area contributed by atoms with Gasteiger partial charge < -0.3 is 15.0 Å². The van der Waals surface area contributed by atoms with E-state index in [-0.39, 0.29) is 24.5 Å². The molecule has 27 heavy (non-hydrogen) atoms. The van der Waals surface area contributed by atoms with Gasteiger partial charge in [-0.1, -0.05) is 5.57 Å². The first-order valence-corrected chi connectivity index (χ1v) is 9.73. The lowest BCUT2D eigenvalue weighted by atomic mass is 9.97. The molecule has 1 saturated carbocycles. The smallest absolute Gasteiger partial charge is 0.282 e. The first kappa shape index (κ1) is 19.9. The number of allylic oxidation sites excluding steroid dienone is 3. The molecule has 0 aromatic carbocycles. The van der Waals surface area contributed by atoms with Gasteiger partial charge in [0.05, 0.1) is 25.4 Å². The van der Waals surface area contributed by atoms with Crippen LogP contribution in [0.3, 0.4) is 0 Å². The van der Waals surface area contributed by atoms with Gasteiger partial charge in [0, 0.05) is 17.5 Å². The molecular weight excluding hydrogens is 350 g/mol. The van der Waals surface area contributed by atoms with Crippen LogP contribution >= 0.6 is 0 Å². The zero-order valence-electron chi connectivity index (χ0n) is 16.7. The molecule has 1 aliphatic heterocycles. The Kier molecular flexibility index (Phi) is 5.37. The number of rotatable bonds is 5. The van der Waals surface area contributed by atoms with E-state index >= 15 is 0 Å². The molecule has 4 nitrogen and oxygen atoms in total. The quantitative estimate of drug-likeness (QED) is 0.779. The van der Waals surface area contributed by atoms with Crippen LogP contribution in [0.1, 0.15) is 53.4 Å². The van der Waals surface area contributed by atoms with Crippen molar-refractivity contribution in [3.63, 3.8) is 0 Å². The van der Waals surface area contributed by atoms with Crippen LogP contribution < -0.4 is 5.32 Å². The van der Waals surface area contributed by atoms with Crippen LogP contribution in [0.15, 0.2) is 34.8 Å². The van der Waals surface area contributed by atoms with Crippen LogP contribution in [-0.4, -0.2) is 42.0 Å². The van der Waals surface area contributed by atoms with Gasteiger partial charge in [0.1, 0.15) is 5.76 Å². The number of likely N-dealkylation sites (tertiary alicyclic amines) is 1. The topological polar surface area (TPSA) is 41.6 Å². The molecule has 150 valence electrons. The standard InChI is InChI=1S/C21H30F2N2O2/c1-14-5-10-18(27-11-15-6-7-15)17(25-12-21(22,23)13-25)9-8-16(14)19(26)24-20(2,3)4/h8-9,15H,5-7,10-13H2,1-4H3,(H,24,26). The fraction of sp³-hybridized carbons (Fsp3) is 0.667. The van der Waals surface area contributed by atoms with E-state index in [0.717, 1.165) is 11.3 Å². The number of hydrogen-bond acceptors (Lipinski definition) is 3. The molecule has 0 radical (unpaired) electrons. The molecule has 3 rings (SSSR count). The predicted octanol–water partition coefficient (Wildman–Crippen LogP) is 4.16. The summed E-state index contributed by atoms with van der Waals surface area (Å²) in [5.74, 6) is -1.42. The van der Waals surface area contributed by atoms with E-state index in [0.29, 0.717) is 36.6 Å². The molecule has 1 N–H and O–H groups in total. The second-order valence-corrected chi connectivity index (χ2v) is 9.01. The van der Waals surface area contributed by atoms with E-state index in [9.17, 15) is 13.6 Å². The Hall–Kier alpha value is -1.85. The fourth-order valence-electron chi connectivity index (χ4n) is 3.25. The lowest BCUT2D eigenvalue weighted by molar-refractivity contribution is -0.119. The van der Waals surface area contributed by atoms with Gasteiger partial charge in [-0.25, -0.2) is 8.78 Å². The van der Waals surface area contributed by atoms with Crippen molar-refractivity contribution in [3.8, 4) is 0 Å². The van der Waals surface area contributed by atoms with Crippen LogP contribution in [0.2, 0.25) is 0 Å². The average Bonchev–Trinajstić information content (AvgIpc) is 3.30. The van der Waals surface area contributed by atoms with Crippen molar-refractivity contribution in [2.75, 3.05) is 19.7 Å². The summed E-state index contributed by atoms with van der Waals surface area (Å²) in [4.78, 5) is 14.3. The third kappa shape index (κ3) is 5.33. The fourth-order valence-corrected chi connectivity index (χ4v) is 3.25. The van der Waals surface area contributed by atoms with Gasteiger partial charge in [0.2, 0.25) is 0 Å². The highest BCUT2D eigenvalue weighted by Gasteiger charge is 2.45. The van der Waals surface area contributed by atoms with Gasteiger partial charge in [-0.3, -0.25) is 4.79 Å². The summed E-state index contributed by atoms with van der Waals surface area (Å²) in [6.45, 7) is 7.81. The van der Waals surface area contributed by atoms with Crippen molar-refractivity contribution < 1.29 is 18.3 Å². The van der Waals surface area contributed by atoms with E-state index in [2.05, 4.69) is 5.32 Å². The van der Waals surface area contributed by atoms with Crippen molar-refractivity contribution in [1.29, 1.82) is 0 Å². The first-order chi connectivity index (χ1) is 12.5. The Labute approximate surface area is 160 Å². The summed E-state index contributed by atoms with van der Waals surface area (Å²) < 4.78 is 32.9. The molecule has 0 atom stereocenters. The molecule has 2 fully saturated rings. The lowest BCUT2D eigenvalue weighted by Crippen LogP contribution is -2.55. The zero-order valence-corrected chi connectivity index (χ0v) is 16.7. The maximum Gasteiger partial charge on any atom is 0.282 e. The number of nitrogens with zero attached hydrogens (tertiary/aromatic N) is 1. The number of nitrogens with one attached hydrogen (secondary N) is 1. The molecule has 0 aromatic heterocycles. The lowest BCUT2D eigenvalue weighted by Gasteiger charge is -2.42. The van der Waals surface area contributed by atoms with Gasteiger partial charge >= 0.3 is 0 Å². The highest BCUT2D eigenvalue weighted by atomic mass is 19.3. The molecule has 0 unspecified atom stereocenters. The van der Waals surface area contributed by atoms with E-state index in [1.807, 2.05) is 27.7 Å². The predicted molar refractivity (Wildman–Crippen MR) is 101 cm³/mol. The Balaban J connectivity index is 1.82. The molecule has 3 aliphatic rings. The molecule has 0 aromatic rings. The monoisotopic (exact) mass is 380 g/mol. The maximum absolute atomic E-state index is 13.4. The van der Waals surface area contributed by atoms with Crippen molar-refractivity contribution in [2.45, 2.75) is 64.8 Å². The van der Waals surface area contributed by atoms with E-state index in [1.165, 1.54) is 12.8 Å². The maximum atomic E-state index is 13.4. The van der Waals surface area contributed by atoms with Crippen molar-refractivity contribution in [2.24, 2.45) is 5.92 Å². The second kappa shape index (κ2) is 7.28. The van der Waals surface area contributed by atoms with Crippen LogP contribution in [0.5, 0.6) is 0 Å². The summed E-state index contributed by atoms with van der Waals surface area (Å²) in [7, 11) is 0. The molecule has 1 heterocycles. The van der Waals surface area contributed by atoms with Crippen LogP contribution in [-0.2, 0) is 9.53 Å².